The van der Waals surface area contributed by atoms with Gasteiger partial charge in [-0.25, -0.2) is 9.69 Å². The number of nitrogens with one attached hydrogen (secondary N) is 1. The van der Waals surface area contributed by atoms with Crippen molar-refractivity contribution in [2.24, 2.45) is 0 Å². The minimum absolute atomic E-state index is 0.202. The molecule has 1 fully saturated rings. The molecule has 0 atom stereocenters. The second kappa shape index (κ2) is 13.4. The highest BCUT2D eigenvalue weighted by molar-refractivity contribution is 9.10. The molecule has 0 aromatic heterocycles. The third-order valence-electron chi connectivity index (χ3n) is 6.55. The van der Waals surface area contributed by atoms with E-state index >= 15 is 0 Å². The lowest BCUT2D eigenvalue weighted by atomic mass is 10.1. The van der Waals surface area contributed by atoms with Gasteiger partial charge in [0.1, 0.15) is 24.5 Å². The largest absolute Gasteiger partial charge is 0.490 e. The maximum Gasteiger partial charge on any atom is 0.335 e. The Hall–Kier alpha value is -4.89. The van der Waals surface area contributed by atoms with Crippen LogP contribution in [0.1, 0.15) is 29.2 Å². The zero-order chi connectivity index (χ0) is 30.3. The number of amides is 4. The summed E-state index contributed by atoms with van der Waals surface area (Å²) in [5.74, 6) is -0.0267. The fraction of sp³-hybridized carbons (Fsp3) is 0.147. The van der Waals surface area contributed by atoms with Crippen LogP contribution in [0.3, 0.4) is 0 Å². The molecule has 1 aliphatic rings. The molecule has 4 amide bonds. The fourth-order valence-corrected chi connectivity index (χ4v) is 5.10. The van der Waals surface area contributed by atoms with Crippen LogP contribution in [-0.4, -0.2) is 24.5 Å². The summed E-state index contributed by atoms with van der Waals surface area (Å²) >= 11 is 3.55. The molecule has 0 radical (unpaired) electrons. The van der Waals surface area contributed by atoms with Gasteiger partial charge in [0.2, 0.25) is 0 Å². The van der Waals surface area contributed by atoms with E-state index in [9.17, 15) is 14.4 Å². The second-order valence-corrected chi connectivity index (χ2v) is 10.6. The molecular formula is C34H29BrN2O6. The summed E-state index contributed by atoms with van der Waals surface area (Å²) in [5.41, 5.74) is 3.75. The van der Waals surface area contributed by atoms with Crippen molar-refractivity contribution in [2.45, 2.75) is 27.1 Å². The first-order valence-electron chi connectivity index (χ1n) is 13.7. The molecule has 218 valence electrons. The average Bonchev–Trinajstić information content (AvgIpc) is 2.99. The first-order chi connectivity index (χ1) is 20.8. The quantitative estimate of drug-likeness (QED) is 0.148. The van der Waals surface area contributed by atoms with E-state index in [1.165, 1.54) is 6.08 Å². The smallest absolute Gasteiger partial charge is 0.335 e. The number of ether oxygens (including phenoxy) is 3. The summed E-state index contributed by atoms with van der Waals surface area (Å²) in [6.45, 7) is 4.94. The molecule has 5 rings (SSSR count). The number of carbonyl (C=O) groups excluding carboxylic acids is 3. The Morgan fingerprint density at radius 1 is 0.814 bits per heavy atom. The summed E-state index contributed by atoms with van der Waals surface area (Å²) in [6, 6.07) is 26.8. The number of rotatable bonds is 10. The molecule has 9 heteroatoms. The third kappa shape index (κ3) is 7.13. The molecule has 0 bridgehead atoms. The van der Waals surface area contributed by atoms with Crippen molar-refractivity contribution in [3.05, 3.63) is 123 Å². The molecule has 4 aromatic rings. The highest BCUT2D eigenvalue weighted by atomic mass is 79.9. The molecule has 0 unspecified atom stereocenters. The predicted octanol–water partition coefficient (Wildman–Crippen LogP) is 6.98. The number of carbonyl (C=O) groups is 3. The lowest BCUT2D eigenvalue weighted by Crippen LogP contribution is -2.54. The lowest BCUT2D eigenvalue weighted by molar-refractivity contribution is -0.122. The highest BCUT2D eigenvalue weighted by Gasteiger charge is 2.37. The number of anilines is 1. The van der Waals surface area contributed by atoms with Crippen molar-refractivity contribution >= 4 is 45.5 Å². The van der Waals surface area contributed by atoms with Crippen LogP contribution in [0.4, 0.5) is 10.5 Å². The van der Waals surface area contributed by atoms with E-state index in [2.05, 4.69) is 21.2 Å². The van der Waals surface area contributed by atoms with Crippen LogP contribution in [0.2, 0.25) is 0 Å². The van der Waals surface area contributed by atoms with Crippen LogP contribution in [0.5, 0.6) is 17.2 Å². The van der Waals surface area contributed by atoms with Crippen molar-refractivity contribution < 1.29 is 28.6 Å². The summed E-state index contributed by atoms with van der Waals surface area (Å²) in [6.07, 6.45) is 1.42. The topological polar surface area (TPSA) is 94.2 Å². The van der Waals surface area contributed by atoms with Crippen molar-refractivity contribution in [1.29, 1.82) is 0 Å². The van der Waals surface area contributed by atoms with Crippen LogP contribution in [0.25, 0.3) is 6.08 Å². The van der Waals surface area contributed by atoms with E-state index in [-0.39, 0.29) is 5.57 Å². The highest BCUT2D eigenvalue weighted by Crippen LogP contribution is 2.38. The minimum atomic E-state index is -0.832. The number of imide groups is 2. The molecule has 43 heavy (non-hydrogen) atoms. The summed E-state index contributed by atoms with van der Waals surface area (Å²) in [7, 11) is 0. The molecule has 1 saturated heterocycles. The van der Waals surface area contributed by atoms with E-state index < -0.39 is 17.8 Å². The second-order valence-electron chi connectivity index (χ2n) is 9.77. The molecule has 1 N–H and O–H groups in total. The van der Waals surface area contributed by atoms with Gasteiger partial charge < -0.3 is 14.2 Å². The Balaban J connectivity index is 1.36. The SMILES string of the molecule is CCOc1cc(/C=C2\C(=O)NC(=O)N(c3ccc(OCc4ccccc4)cc3)C2=O)cc(Br)c1OCc1cccc(C)c1. The first kappa shape index (κ1) is 29.6. The van der Waals surface area contributed by atoms with Crippen molar-refractivity contribution in [2.75, 3.05) is 11.5 Å². The normalized spacial score (nSPS) is 14.1. The summed E-state index contributed by atoms with van der Waals surface area (Å²) in [4.78, 5) is 39.9. The van der Waals surface area contributed by atoms with Crippen LogP contribution in [0.15, 0.2) is 101 Å². The lowest BCUT2D eigenvalue weighted by Gasteiger charge is -2.26. The number of halogens is 1. The Morgan fingerprint density at radius 3 is 2.26 bits per heavy atom. The molecule has 0 saturated carbocycles. The van der Waals surface area contributed by atoms with Crippen LogP contribution in [-0.2, 0) is 22.8 Å². The van der Waals surface area contributed by atoms with E-state index in [1.54, 1.807) is 36.4 Å². The predicted molar refractivity (Wildman–Crippen MR) is 167 cm³/mol. The molecule has 0 spiro atoms. The van der Waals surface area contributed by atoms with Crippen molar-refractivity contribution in [1.82, 2.24) is 5.32 Å². The van der Waals surface area contributed by atoms with Gasteiger partial charge >= 0.3 is 6.03 Å². The third-order valence-corrected chi connectivity index (χ3v) is 7.14. The van der Waals surface area contributed by atoms with Gasteiger partial charge in [0.15, 0.2) is 11.5 Å². The van der Waals surface area contributed by atoms with Crippen LogP contribution >= 0.6 is 15.9 Å². The zero-order valence-corrected chi connectivity index (χ0v) is 25.2. The van der Waals surface area contributed by atoms with E-state index in [1.807, 2.05) is 68.4 Å². The van der Waals surface area contributed by atoms with Gasteiger partial charge in [0.05, 0.1) is 16.8 Å². The monoisotopic (exact) mass is 640 g/mol. The van der Waals surface area contributed by atoms with Crippen molar-refractivity contribution in [3.8, 4) is 17.2 Å². The number of urea groups is 1. The summed E-state index contributed by atoms with van der Waals surface area (Å²) < 4.78 is 18.3. The van der Waals surface area contributed by atoms with Gasteiger partial charge in [-0.3, -0.25) is 14.9 Å². The van der Waals surface area contributed by atoms with E-state index in [0.717, 1.165) is 21.6 Å². The van der Waals surface area contributed by atoms with Gasteiger partial charge in [0.25, 0.3) is 11.8 Å². The average molecular weight is 642 g/mol. The Bertz CT molecular complexity index is 1690. The van der Waals surface area contributed by atoms with Gasteiger partial charge in [-0.1, -0.05) is 60.2 Å². The fourth-order valence-electron chi connectivity index (χ4n) is 4.52. The molecule has 1 heterocycles. The number of benzene rings is 4. The number of aryl methyl sites for hydroxylation is 1. The molecule has 0 aliphatic carbocycles. The van der Waals surface area contributed by atoms with Gasteiger partial charge in [-0.15, -0.1) is 0 Å². The van der Waals surface area contributed by atoms with Gasteiger partial charge in [-0.2, -0.15) is 0 Å². The Morgan fingerprint density at radius 2 is 1.53 bits per heavy atom. The van der Waals surface area contributed by atoms with Crippen molar-refractivity contribution in [3.63, 3.8) is 0 Å². The summed E-state index contributed by atoms with van der Waals surface area (Å²) in [5, 5.41) is 2.26. The van der Waals surface area contributed by atoms with Gasteiger partial charge in [-0.05, 0) is 88.9 Å². The van der Waals surface area contributed by atoms with Crippen LogP contribution < -0.4 is 24.4 Å². The Kier molecular flexibility index (Phi) is 9.22. The van der Waals surface area contributed by atoms with Gasteiger partial charge in [0, 0.05) is 0 Å². The van der Waals surface area contributed by atoms with Crippen LogP contribution in [0, 0.1) is 6.92 Å². The molecule has 8 nitrogen and oxygen atoms in total. The first-order valence-corrected chi connectivity index (χ1v) is 14.4. The minimum Gasteiger partial charge on any atom is -0.490 e. The molecule has 4 aromatic carbocycles. The van der Waals surface area contributed by atoms with E-state index in [4.69, 9.17) is 14.2 Å². The number of nitrogens with zero attached hydrogens (tertiary/aromatic N) is 1. The maximum atomic E-state index is 13.5. The zero-order valence-electron chi connectivity index (χ0n) is 23.6. The number of hydrogen-bond acceptors (Lipinski definition) is 6. The maximum absolute atomic E-state index is 13.5. The molecular weight excluding hydrogens is 612 g/mol. The number of barbiturate groups is 1. The molecule has 1 aliphatic heterocycles. The van der Waals surface area contributed by atoms with E-state index in [0.29, 0.717) is 52.8 Å². The standard InChI is InChI=1S/C34H29BrN2O6/c1-3-41-30-19-25(18-29(35)31(30)43-21-24-11-7-8-22(2)16-24)17-28-32(38)36-34(40)37(33(28)39)26-12-14-27(15-13-26)42-20-23-9-5-4-6-10-23/h4-19H,3,20-21H2,1-2H3,(H,36,38,40)/b28-17+. The Labute approximate surface area is 258 Å². The number of hydrogen-bond donors (Lipinski definition) is 1.